The van der Waals surface area contributed by atoms with Crippen molar-refractivity contribution in [3.63, 3.8) is 0 Å². The van der Waals surface area contributed by atoms with Crippen LogP contribution >= 0.6 is 22.6 Å². The third kappa shape index (κ3) is 3.91. The Balaban J connectivity index is 2.15. The average Bonchev–Trinajstić information content (AvgIpc) is 2.52. The van der Waals surface area contributed by atoms with Crippen LogP contribution in [0.5, 0.6) is 11.5 Å². The van der Waals surface area contributed by atoms with Crippen LogP contribution in [0, 0.1) is 10.5 Å². The van der Waals surface area contributed by atoms with Crippen molar-refractivity contribution in [3.8, 4) is 11.5 Å². The first-order valence-corrected chi connectivity index (χ1v) is 7.88. The molecule has 2 rings (SSSR count). The highest BCUT2D eigenvalue weighted by Gasteiger charge is 2.13. The Labute approximate surface area is 144 Å². The third-order valence-corrected chi connectivity index (χ3v) is 3.95. The second kappa shape index (κ2) is 7.49. The number of ether oxygens (including phenoxy) is 2. The number of carbonyl (C=O) groups is 1. The molecule has 0 aliphatic carbocycles. The molecule has 4 nitrogen and oxygen atoms in total. The molecule has 1 N–H and O–H groups in total. The lowest BCUT2D eigenvalue weighted by Gasteiger charge is -2.12. The second-order valence-corrected chi connectivity index (χ2v) is 6.09. The molecule has 0 saturated carbocycles. The largest absolute Gasteiger partial charge is 0.496 e. The molecule has 5 heteroatoms. The first-order chi connectivity index (χ1) is 10.5. The molecule has 0 bridgehead atoms. The van der Waals surface area contributed by atoms with Gasteiger partial charge in [-0.05, 0) is 65.4 Å². The van der Waals surface area contributed by atoms with Crippen molar-refractivity contribution in [2.75, 3.05) is 14.2 Å². The van der Waals surface area contributed by atoms with Crippen molar-refractivity contribution in [3.05, 3.63) is 56.7 Å². The van der Waals surface area contributed by atoms with E-state index in [1.165, 1.54) is 0 Å². The minimum Gasteiger partial charge on any atom is -0.496 e. The Morgan fingerprint density at radius 2 is 1.82 bits per heavy atom. The Bertz CT molecular complexity index is 686. The summed E-state index contributed by atoms with van der Waals surface area (Å²) in [5.74, 6) is 1.17. The summed E-state index contributed by atoms with van der Waals surface area (Å²) in [6, 6.07) is 11.4. The van der Waals surface area contributed by atoms with Gasteiger partial charge in [0.2, 0.25) is 0 Å². The molecule has 2 aromatic rings. The number of halogens is 1. The molecule has 0 fully saturated rings. The maximum Gasteiger partial charge on any atom is 0.255 e. The Morgan fingerprint density at radius 1 is 1.09 bits per heavy atom. The van der Waals surface area contributed by atoms with E-state index >= 15 is 0 Å². The average molecular weight is 411 g/mol. The number of nitrogens with one attached hydrogen (secondary N) is 1. The summed E-state index contributed by atoms with van der Waals surface area (Å²) in [5, 5.41) is 2.91. The molecule has 0 unspecified atom stereocenters. The molecule has 0 spiro atoms. The van der Waals surface area contributed by atoms with Gasteiger partial charge in [-0.25, -0.2) is 0 Å². The number of hydrogen-bond acceptors (Lipinski definition) is 3. The van der Waals surface area contributed by atoms with Crippen LogP contribution < -0.4 is 14.8 Å². The molecule has 0 saturated heterocycles. The lowest BCUT2D eigenvalue weighted by Crippen LogP contribution is -2.23. The zero-order valence-electron chi connectivity index (χ0n) is 12.8. The zero-order valence-corrected chi connectivity index (χ0v) is 14.9. The van der Waals surface area contributed by atoms with Gasteiger partial charge in [0.15, 0.2) is 0 Å². The summed E-state index contributed by atoms with van der Waals surface area (Å²) in [5.41, 5.74) is 2.51. The van der Waals surface area contributed by atoms with Crippen molar-refractivity contribution in [2.24, 2.45) is 0 Å². The van der Waals surface area contributed by atoms with Gasteiger partial charge in [-0.15, -0.1) is 0 Å². The van der Waals surface area contributed by atoms with Gasteiger partial charge in [0.05, 0.1) is 19.8 Å². The standard InChI is InChI=1S/C17H18INO3/c1-11-4-6-14(16(8-11)22-3)17(20)19-10-12-9-13(18)5-7-15(12)21-2/h4-9H,10H2,1-3H3,(H,19,20). The van der Waals surface area contributed by atoms with Crippen LogP contribution in [0.25, 0.3) is 0 Å². The summed E-state index contributed by atoms with van der Waals surface area (Å²) in [7, 11) is 3.19. The lowest BCUT2D eigenvalue weighted by atomic mass is 10.1. The topological polar surface area (TPSA) is 47.6 Å². The van der Waals surface area contributed by atoms with Gasteiger partial charge in [-0.3, -0.25) is 4.79 Å². The van der Waals surface area contributed by atoms with Crippen molar-refractivity contribution in [2.45, 2.75) is 13.5 Å². The van der Waals surface area contributed by atoms with E-state index in [1.807, 2.05) is 37.3 Å². The zero-order chi connectivity index (χ0) is 16.1. The second-order valence-electron chi connectivity index (χ2n) is 4.84. The number of aryl methyl sites for hydroxylation is 1. The number of methoxy groups -OCH3 is 2. The van der Waals surface area contributed by atoms with E-state index in [4.69, 9.17) is 9.47 Å². The number of carbonyl (C=O) groups excluding carboxylic acids is 1. The maximum absolute atomic E-state index is 12.4. The Kier molecular flexibility index (Phi) is 5.65. The number of hydrogen-bond donors (Lipinski definition) is 1. The van der Waals surface area contributed by atoms with Crippen LogP contribution in [0.15, 0.2) is 36.4 Å². The van der Waals surface area contributed by atoms with Crippen LogP contribution in [0.3, 0.4) is 0 Å². The van der Waals surface area contributed by atoms with Crippen molar-refractivity contribution < 1.29 is 14.3 Å². The van der Waals surface area contributed by atoms with Crippen molar-refractivity contribution >= 4 is 28.5 Å². The fourth-order valence-electron chi connectivity index (χ4n) is 2.14. The third-order valence-electron chi connectivity index (χ3n) is 3.28. The summed E-state index contributed by atoms with van der Waals surface area (Å²) in [6.07, 6.45) is 0. The van der Waals surface area contributed by atoms with Gasteiger partial charge in [-0.2, -0.15) is 0 Å². The normalized spacial score (nSPS) is 10.2. The van der Waals surface area contributed by atoms with Crippen LogP contribution in [-0.4, -0.2) is 20.1 Å². The number of benzene rings is 2. The predicted molar refractivity (Wildman–Crippen MR) is 94.6 cm³/mol. The van der Waals surface area contributed by atoms with Gasteiger partial charge >= 0.3 is 0 Å². The smallest absolute Gasteiger partial charge is 0.255 e. The van der Waals surface area contributed by atoms with E-state index in [0.29, 0.717) is 17.9 Å². The summed E-state index contributed by atoms with van der Waals surface area (Å²) in [6.45, 7) is 2.36. The first-order valence-electron chi connectivity index (χ1n) is 6.80. The molecule has 0 heterocycles. The highest BCUT2D eigenvalue weighted by atomic mass is 127. The fraction of sp³-hybridized carbons (Fsp3) is 0.235. The molecule has 1 amide bonds. The SMILES string of the molecule is COc1ccc(I)cc1CNC(=O)c1ccc(C)cc1OC. The summed E-state index contributed by atoms with van der Waals surface area (Å²) >= 11 is 2.23. The van der Waals surface area contributed by atoms with E-state index in [1.54, 1.807) is 20.3 Å². The number of rotatable bonds is 5. The van der Waals surface area contributed by atoms with Crippen LogP contribution in [-0.2, 0) is 6.54 Å². The highest BCUT2D eigenvalue weighted by molar-refractivity contribution is 14.1. The van der Waals surface area contributed by atoms with Gasteiger partial charge in [-0.1, -0.05) is 6.07 Å². The van der Waals surface area contributed by atoms with Gasteiger partial charge in [0, 0.05) is 15.7 Å². The molecule has 0 aromatic heterocycles. The molecule has 0 aliphatic rings. The van der Waals surface area contributed by atoms with E-state index in [0.717, 1.165) is 20.4 Å². The minimum atomic E-state index is -0.169. The Morgan fingerprint density at radius 3 is 2.50 bits per heavy atom. The fourth-order valence-corrected chi connectivity index (χ4v) is 2.70. The maximum atomic E-state index is 12.4. The quantitative estimate of drug-likeness (QED) is 0.766. The summed E-state index contributed by atoms with van der Waals surface area (Å²) < 4.78 is 11.7. The molecule has 22 heavy (non-hydrogen) atoms. The molecule has 2 aromatic carbocycles. The highest BCUT2D eigenvalue weighted by Crippen LogP contribution is 2.22. The number of amides is 1. The molecule has 0 atom stereocenters. The molecular formula is C17H18INO3. The minimum absolute atomic E-state index is 0.169. The van der Waals surface area contributed by atoms with Crippen LogP contribution in [0.4, 0.5) is 0 Å². The predicted octanol–water partition coefficient (Wildman–Crippen LogP) is 3.55. The monoisotopic (exact) mass is 411 g/mol. The summed E-state index contributed by atoms with van der Waals surface area (Å²) in [4.78, 5) is 12.4. The van der Waals surface area contributed by atoms with Crippen LogP contribution in [0.1, 0.15) is 21.5 Å². The molecular weight excluding hydrogens is 393 g/mol. The van der Waals surface area contributed by atoms with Gasteiger partial charge in [0.25, 0.3) is 5.91 Å². The van der Waals surface area contributed by atoms with Crippen molar-refractivity contribution in [1.82, 2.24) is 5.32 Å². The van der Waals surface area contributed by atoms with Crippen molar-refractivity contribution in [1.29, 1.82) is 0 Å². The van der Waals surface area contributed by atoms with E-state index in [2.05, 4.69) is 27.9 Å². The molecule has 0 aliphatic heterocycles. The van der Waals surface area contributed by atoms with E-state index < -0.39 is 0 Å². The molecule has 0 radical (unpaired) electrons. The van der Waals surface area contributed by atoms with E-state index in [-0.39, 0.29) is 5.91 Å². The Hall–Kier alpha value is -1.76. The van der Waals surface area contributed by atoms with E-state index in [9.17, 15) is 4.79 Å². The van der Waals surface area contributed by atoms with Gasteiger partial charge in [0.1, 0.15) is 11.5 Å². The first kappa shape index (κ1) is 16.6. The van der Waals surface area contributed by atoms with Gasteiger partial charge < -0.3 is 14.8 Å². The molecule has 116 valence electrons. The van der Waals surface area contributed by atoms with Crippen LogP contribution in [0.2, 0.25) is 0 Å². The lowest BCUT2D eigenvalue weighted by molar-refractivity contribution is 0.0947.